The number of alkyl halides is 4. The number of hydrogen-bond donors (Lipinski definition) is 1. The van der Waals surface area contributed by atoms with Crippen LogP contribution in [0.2, 0.25) is 0 Å². The van der Waals surface area contributed by atoms with Crippen LogP contribution in [-0.2, 0) is 14.6 Å². The Bertz CT molecular complexity index is 557. The van der Waals surface area contributed by atoms with Gasteiger partial charge in [0.05, 0.1) is 17.0 Å². The molecule has 9 heteroatoms. The first-order chi connectivity index (χ1) is 9.60. The van der Waals surface area contributed by atoms with Crippen molar-refractivity contribution in [1.29, 1.82) is 0 Å². The summed E-state index contributed by atoms with van der Waals surface area (Å²) in [5.74, 6) is -1.93. The minimum absolute atomic E-state index is 0.383. The third kappa shape index (κ3) is 4.94. The van der Waals surface area contributed by atoms with Gasteiger partial charge in [0.1, 0.15) is 6.67 Å². The Morgan fingerprint density at radius 3 is 2.14 bits per heavy atom. The van der Waals surface area contributed by atoms with Crippen LogP contribution in [0.1, 0.15) is 11.7 Å². The molecule has 0 radical (unpaired) electrons. The highest BCUT2D eigenvalue weighted by Gasteiger charge is 2.36. The summed E-state index contributed by atoms with van der Waals surface area (Å²) in [5, 5.41) is 0. The number of nitrogens with two attached hydrogens (primary N) is 1. The Morgan fingerprint density at radius 2 is 1.76 bits per heavy atom. The maximum absolute atomic E-state index is 12.5. The van der Waals surface area contributed by atoms with Gasteiger partial charge in [0.25, 0.3) is 0 Å². The van der Waals surface area contributed by atoms with Gasteiger partial charge in [0.15, 0.2) is 15.6 Å². The van der Waals surface area contributed by atoms with Crippen LogP contribution in [0.5, 0.6) is 0 Å². The lowest BCUT2D eigenvalue weighted by Crippen LogP contribution is -2.31. The fourth-order valence-corrected chi connectivity index (χ4v) is 2.95. The fourth-order valence-electron chi connectivity index (χ4n) is 1.80. The van der Waals surface area contributed by atoms with Gasteiger partial charge in [-0.3, -0.25) is 0 Å². The molecule has 0 aliphatic carbocycles. The number of halogens is 4. The average molecular weight is 329 g/mol. The number of rotatable bonds is 6. The summed E-state index contributed by atoms with van der Waals surface area (Å²) in [4.78, 5) is -0.466. The Morgan fingerprint density at radius 1 is 1.24 bits per heavy atom. The van der Waals surface area contributed by atoms with Crippen LogP contribution in [0.15, 0.2) is 29.2 Å². The van der Waals surface area contributed by atoms with Crippen molar-refractivity contribution in [3.63, 3.8) is 0 Å². The topological polar surface area (TPSA) is 69.4 Å². The van der Waals surface area contributed by atoms with Gasteiger partial charge in [-0.15, -0.1) is 0 Å². The van der Waals surface area contributed by atoms with Crippen LogP contribution >= 0.6 is 0 Å². The second-order valence-corrected chi connectivity index (χ2v) is 6.41. The molecule has 0 spiro atoms. The molecular formula is C12H15F4NO3S. The molecule has 0 aliphatic heterocycles. The van der Waals surface area contributed by atoms with Gasteiger partial charge in [-0.2, -0.15) is 13.2 Å². The molecule has 120 valence electrons. The summed E-state index contributed by atoms with van der Waals surface area (Å²) in [7, 11) is -3.16. The van der Waals surface area contributed by atoms with E-state index < -0.39 is 45.5 Å². The summed E-state index contributed by atoms with van der Waals surface area (Å²) < 4.78 is 77.2. The summed E-state index contributed by atoms with van der Waals surface area (Å²) in [5.41, 5.74) is 5.88. The van der Waals surface area contributed by atoms with E-state index in [0.29, 0.717) is 5.56 Å². The standard InChI is InChI=1S/C12H15F4NO3S/c1-20-11(10(17)6-13)8-2-4-9(5-3-8)21(18,19)7-12(14,15)16/h2-5,10-11H,6-7,17H2,1H3/t10-,11-/m1/s1. The van der Waals surface area contributed by atoms with E-state index in [-0.39, 0.29) is 0 Å². The van der Waals surface area contributed by atoms with Gasteiger partial charge < -0.3 is 10.5 Å². The molecule has 0 heterocycles. The molecule has 2 N–H and O–H groups in total. The van der Waals surface area contributed by atoms with Gasteiger partial charge in [0, 0.05) is 7.11 Å². The molecule has 1 rings (SSSR count). The zero-order valence-corrected chi connectivity index (χ0v) is 11.9. The van der Waals surface area contributed by atoms with Gasteiger partial charge in [0.2, 0.25) is 0 Å². The lowest BCUT2D eigenvalue weighted by Gasteiger charge is -2.20. The largest absolute Gasteiger partial charge is 0.403 e. The van der Waals surface area contributed by atoms with Crippen LogP contribution in [0.4, 0.5) is 17.6 Å². The molecule has 0 aromatic heterocycles. The normalized spacial score (nSPS) is 15.7. The van der Waals surface area contributed by atoms with Gasteiger partial charge >= 0.3 is 6.18 Å². The minimum Gasteiger partial charge on any atom is -0.375 e. The Balaban J connectivity index is 3.02. The van der Waals surface area contributed by atoms with Gasteiger partial charge in [-0.25, -0.2) is 12.8 Å². The lowest BCUT2D eigenvalue weighted by molar-refractivity contribution is -0.106. The molecule has 0 fully saturated rings. The molecule has 0 bridgehead atoms. The van der Waals surface area contributed by atoms with Crippen LogP contribution in [0.3, 0.4) is 0 Å². The van der Waals surface area contributed by atoms with Crippen molar-refractivity contribution in [3.05, 3.63) is 29.8 Å². The predicted octanol–water partition coefficient (Wildman–Crippen LogP) is 2.01. The van der Waals surface area contributed by atoms with Crippen LogP contribution < -0.4 is 5.73 Å². The Hall–Kier alpha value is -1.19. The molecule has 0 saturated carbocycles. The zero-order chi connectivity index (χ0) is 16.3. The van der Waals surface area contributed by atoms with E-state index in [1.165, 1.54) is 19.2 Å². The van der Waals surface area contributed by atoms with Crippen LogP contribution in [0, 0.1) is 0 Å². The molecule has 0 amide bonds. The van der Waals surface area contributed by atoms with Crippen molar-refractivity contribution in [2.24, 2.45) is 5.73 Å². The molecule has 21 heavy (non-hydrogen) atoms. The molecule has 0 saturated heterocycles. The summed E-state index contributed by atoms with van der Waals surface area (Å²) >= 11 is 0. The molecule has 0 unspecified atom stereocenters. The maximum atomic E-state index is 12.5. The van der Waals surface area contributed by atoms with E-state index in [2.05, 4.69) is 0 Å². The zero-order valence-electron chi connectivity index (χ0n) is 11.1. The van der Waals surface area contributed by atoms with Crippen molar-refractivity contribution in [1.82, 2.24) is 0 Å². The molecule has 1 aromatic carbocycles. The number of benzene rings is 1. The summed E-state index contributed by atoms with van der Waals surface area (Å²) in [6, 6.07) is 3.60. The first kappa shape index (κ1) is 17.9. The Kier molecular flexibility index (Phi) is 5.71. The van der Waals surface area contributed by atoms with E-state index in [1.807, 2.05) is 0 Å². The summed E-state index contributed by atoms with van der Waals surface area (Å²) in [6.07, 6.45) is -5.63. The second kappa shape index (κ2) is 6.71. The van der Waals surface area contributed by atoms with Gasteiger partial charge in [-0.1, -0.05) is 12.1 Å². The van der Waals surface area contributed by atoms with Crippen molar-refractivity contribution in [2.75, 3.05) is 19.5 Å². The number of hydrogen-bond acceptors (Lipinski definition) is 4. The third-order valence-electron chi connectivity index (χ3n) is 2.74. The van der Waals surface area contributed by atoms with E-state index >= 15 is 0 Å². The van der Waals surface area contributed by atoms with Gasteiger partial charge in [-0.05, 0) is 17.7 Å². The third-order valence-corrected chi connectivity index (χ3v) is 4.44. The predicted molar refractivity (Wildman–Crippen MR) is 68.3 cm³/mol. The molecule has 1 aromatic rings. The molecule has 2 atom stereocenters. The summed E-state index contributed by atoms with van der Waals surface area (Å²) in [6.45, 7) is -0.855. The monoisotopic (exact) mass is 329 g/mol. The number of ether oxygens (including phenoxy) is 1. The highest BCUT2D eigenvalue weighted by molar-refractivity contribution is 7.91. The first-order valence-electron chi connectivity index (χ1n) is 5.84. The highest BCUT2D eigenvalue weighted by Crippen LogP contribution is 2.25. The highest BCUT2D eigenvalue weighted by atomic mass is 32.2. The molecular weight excluding hydrogens is 314 g/mol. The maximum Gasteiger partial charge on any atom is 0.403 e. The Labute approximate surface area is 119 Å². The smallest absolute Gasteiger partial charge is 0.375 e. The number of methoxy groups -OCH3 is 1. The average Bonchev–Trinajstić information content (AvgIpc) is 2.37. The van der Waals surface area contributed by atoms with E-state index in [1.54, 1.807) is 0 Å². The van der Waals surface area contributed by atoms with E-state index in [0.717, 1.165) is 12.1 Å². The first-order valence-corrected chi connectivity index (χ1v) is 7.50. The number of sulfone groups is 1. The SMILES string of the molecule is CO[C@H](c1ccc(S(=O)(=O)CC(F)(F)F)cc1)[C@H](N)CF. The lowest BCUT2D eigenvalue weighted by atomic mass is 10.0. The van der Waals surface area contributed by atoms with Crippen LogP contribution in [-0.4, -0.2) is 40.2 Å². The van der Waals surface area contributed by atoms with Crippen molar-refractivity contribution in [3.8, 4) is 0 Å². The molecule has 4 nitrogen and oxygen atoms in total. The van der Waals surface area contributed by atoms with Crippen LogP contribution in [0.25, 0.3) is 0 Å². The van der Waals surface area contributed by atoms with E-state index in [4.69, 9.17) is 10.5 Å². The second-order valence-electron chi connectivity index (χ2n) is 4.42. The molecule has 0 aliphatic rings. The fraction of sp³-hybridized carbons (Fsp3) is 0.500. The van der Waals surface area contributed by atoms with Crippen molar-refractivity contribution >= 4 is 9.84 Å². The van der Waals surface area contributed by atoms with Crippen molar-refractivity contribution < 1.29 is 30.7 Å². The van der Waals surface area contributed by atoms with E-state index in [9.17, 15) is 26.0 Å². The van der Waals surface area contributed by atoms with Crippen molar-refractivity contribution in [2.45, 2.75) is 23.2 Å². The minimum atomic E-state index is -4.82. The quantitative estimate of drug-likeness (QED) is 0.811.